The first-order valence-electron chi connectivity index (χ1n) is 10.5. The minimum atomic E-state index is 0.0641. The van der Waals surface area contributed by atoms with Crippen molar-refractivity contribution in [3.05, 3.63) is 64.8 Å². The van der Waals surface area contributed by atoms with E-state index in [2.05, 4.69) is 27.1 Å². The second-order valence-electron chi connectivity index (χ2n) is 7.75. The minimum Gasteiger partial charge on any atom is -0.493 e. The van der Waals surface area contributed by atoms with Gasteiger partial charge in [0.15, 0.2) is 11.5 Å². The number of nitrogen functional groups attached to an aromatic ring is 2. The van der Waals surface area contributed by atoms with Gasteiger partial charge in [-0.05, 0) is 37.1 Å². The van der Waals surface area contributed by atoms with Crippen molar-refractivity contribution in [1.82, 2.24) is 9.97 Å². The Morgan fingerprint density at radius 2 is 1.88 bits per heavy atom. The van der Waals surface area contributed by atoms with Crippen LogP contribution in [0.5, 0.6) is 11.5 Å². The van der Waals surface area contributed by atoms with Gasteiger partial charge in [0.05, 0.1) is 19.8 Å². The van der Waals surface area contributed by atoms with E-state index in [0.29, 0.717) is 29.3 Å². The third kappa shape index (κ3) is 5.15. The number of anilines is 3. The van der Waals surface area contributed by atoms with Crippen LogP contribution in [0.15, 0.2) is 42.6 Å². The second kappa shape index (κ2) is 9.49. The van der Waals surface area contributed by atoms with Crippen molar-refractivity contribution in [2.45, 2.75) is 19.3 Å². The summed E-state index contributed by atoms with van der Waals surface area (Å²) < 4.78 is 11.3. The summed E-state index contributed by atoms with van der Waals surface area (Å²) in [7, 11) is 3.15. The fourth-order valence-corrected chi connectivity index (χ4v) is 3.45. The fourth-order valence-electron chi connectivity index (χ4n) is 3.45. The Balaban J connectivity index is 1.60. The Morgan fingerprint density at radius 3 is 2.58 bits per heavy atom. The molecule has 2 aromatic carbocycles. The van der Waals surface area contributed by atoms with E-state index in [9.17, 15) is 4.79 Å². The van der Waals surface area contributed by atoms with Crippen molar-refractivity contribution in [1.29, 1.82) is 0 Å². The molecule has 0 radical (unpaired) electrons. The molecule has 0 spiro atoms. The number of rotatable bonds is 6. The molecule has 1 saturated carbocycles. The molecule has 0 bridgehead atoms. The highest BCUT2D eigenvalue weighted by atomic mass is 16.5. The summed E-state index contributed by atoms with van der Waals surface area (Å²) >= 11 is 0. The van der Waals surface area contributed by atoms with E-state index < -0.39 is 0 Å². The van der Waals surface area contributed by atoms with E-state index in [1.54, 1.807) is 20.4 Å². The topological polar surface area (TPSA) is 125 Å². The molecule has 4 rings (SSSR count). The number of ether oxygens (including phenoxy) is 2. The normalized spacial score (nSPS) is 12.4. The molecule has 8 heteroatoms. The van der Waals surface area contributed by atoms with Crippen LogP contribution in [0.2, 0.25) is 0 Å². The zero-order valence-corrected chi connectivity index (χ0v) is 18.5. The molecule has 0 atom stereocenters. The average Bonchev–Trinajstić information content (AvgIpc) is 3.65. The van der Waals surface area contributed by atoms with Crippen molar-refractivity contribution in [3.63, 3.8) is 0 Å². The zero-order valence-electron chi connectivity index (χ0n) is 18.5. The van der Waals surface area contributed by atoms with Gasteiger partial charge in [-0.1, -0.05) is 24.0 Å². The lowest BCUT2D eigenvalue weighted by atomic mass is 10.0. The fraction of sp³-hybridized carbons (Fsp3) is 0.240. The first-order valence-corrected chi connectivity index (χ1v) is 10.5. The maximum Gasteiger partial charge on any atom is 0.227 e. The molecule has 1 fully saturated rings. The van der Waals surface area contributed by atoms with Crippen LogP contribution < -0.4 is 26.3 Å². The number of aromatic nitrogens is 2. The highest BCUT2D eigenvalue weighted by Gasteiger charge is 2.29. The van der Waals surface area contributed by atoms with Crippen LogP contribution in [0.25, 0.3) is 0 Å². The Labute approximate surface area is 192 Å². The van der Waals surface area contributed by atoms with E-state index in [-0.39, 0.29) is 17.8 Å². The monoisotopic (exact) mass is 443 g/mol. The molecule has 1 heterocycles. The average molecular weight is 444 g/mol. The largest absolute Gasteiger partial charge is 0.493 e. The second-order valence-corrected chi connectivity index (χ2v) is 7.75. The number of benzene rings is 2. The SMILES string of the molecule is COc1c(C#Cc2cccc(NC(=O)C3CC3)c2)ccc(Cc2cnc(N)nc2N)c1OC. The molecular formula is C25H25N5O3. The number of amides is 1. The molecule has 33 heavy (non-hydrogen) atoms. The highest BCUT2D eigenvalue weighted by Crippen LogP contribution is 2.36. The van der Waals surface area contributed by atoms with Crippen LogP contribution in [0.1, 0.15) is 35.1 Å². The number of carbonyl (C=O) groups is 1. The van der Waals surface area contributed by atoms with Crippen molar-refractivity contribution in [2.75, 3.05) is 31.0 Å². The summed E-state index contributed by atoms with van der Waals surface area (Å²) in [6.45, 7) is 0. The van der Waals surface area contributed by atoms with Gasteiger partial charge in [0.2, 0.25) is 11.9 Å². The summed E-state index contributed by atoms with van der Waals surface area (Å²) in [5.41, 5.74) is 15.3. The van der Waals surface area contributed by atoms with Crippen LogP contribution in [-0.4, -0.2) is 30.1 Å². The first-order chi connectivity index (χ1) is 16.0. The molecule has 3 aromatic rings. The van der Waals surface area contributed by atoms with E-state index in [1.807, 2.05) is 36.4 Å². The predicted molar refractivity (Wildman–Crippen MR) is 127 cm³/mol. The molecule has 0 unspecified atom stereocenters. The van der Waals surface area contributed by atoms with Crippen molar-refractivity contribution in [2.24, 2.45) is 5.92 Å². The smallest absolute Gasteiger partial charge is 0.227 e. The lowest BCUT2D eigenvalue weighted by Crippen LogP contribution is -2.13. The van der Waals surface area contributed by atoms with Crippen LogP contribution in [0, 0.1) is 17.8 Å². The molecule has 5 N–H and O–H groups in total. The van der Waals surface area contributed by atoms with Crippen molar-refractivity contribution in [3.8, 4) is 23.3 Å². The highest BCUT2D eigenvalue weighted by molar-refractivity contribution is 5.94. The van der Waals surface area contributed by atoms with Crippen molar-refractivity contribution >= 4 is 23.4 Å². The van der Waals surface area contributed by atoms with Gasteiger partial charge in [0.25, 0.3) is 0 Å². The van der Waals surface area contributed by atoms with E-state index in [0.717, 1.165) is 35.2 Å². The van der Waals surface area contributed by atoms with Gasteiger partial charge in [0.1, 0.15) is 5.82 Å². The summed E-state index contributed by atoms with van der Waals surface area (Å²) in [4.78, 5) is 20.0. The molecule has 8 nitrogen and oxygen atoms in total. The number of methoxy groups -OCH3 is 2. The van der Waals surface area contributed by atoms with Gasteiger partial charge in [-0.15, -0.1) is 0 Å². The van der Waals surface area contributed by atoms with Crippen molar-refractivity contribution < 1.29 is 14.3 Å². The predicted octanol–water partition coefficient (Wildman–Crippen LogP) is 3.00. The summed E-state index contributed by atoms with van der Waals surface area (Å²) in [6.07, 6.45) is 3.97. The lowest BCUT2D eigenvalue weighted by molar-refractivity contribution is -0.117. The van der Waals surface area contributed by atoms with Crippen LogP contribution in [-0.2, 0) is 11.2 Å². The summed E-state index contributed by atoms with van der Waals surface area (Å²) in [5, 5.41) is 2.94. The maximum atomic E-state index is 12.0. The van der Waals surface area contributed by atoms with Crippen LogP contribution >= 0.6 is 0 Å². The third-order valence-electron chi connectivity index (χ3n) is 5.32. The van der Waals surface area contributed by atoms with Gasteiger partial charge in [-0.3, -0.25) is 4.79 Å². The van der Waals surface area contributed by atoms with E-state index in [1.165, 1.54) is 0 Å². The molecule has 0 saturated heterocycles. The molecule has 1 amide bonds. The van der Waals surface area contributed by atoms with Crippen LogP contribution in [0.4, 0.5) is 17.5 Å². The Kier molecular flexibility index (Phi) is 6.31. The summed E-state index contributed by atoms with van der Waals surface area (Å²) in [6, 6.07) is 11.3. The van der Waals surface area contributed by atoms with Gasteiger partial charge in [-0.2, -0.15) is 4.98 Å². The third-order valence-corrected chi connectivity index (χ3v) is 5.32. The molecule has 1 aliphatic rings. The molecule has 168 valence electrons. The van der Waals surface area contributed by atoms with Gasteiger partial charge >= 0.3 is 0 Å². The number of hydrogen-bond donors (Lipinski definition) is 3. The molecule has 0 aliphatic heterocycles. The molecular weight excluding hydrogens is 418 g/mol. The van der Waals surface area contributed by atoms with E-state index in [4.69, 9.17) is 20.9 Å². The minimum absolute atomic E-state index is 0.0641. The standard InChI is InChI=1S/C25H25N5O3/c1-32-21-16(7-6-15-4-3-5-20(12-15)29-24(31)17-9-10-17)8-11-18(22(21)33-2)13-19-14-28-25(27)30-23(19)26/h3-5,8,11-12,14,17H,9-10,13H2,1-2H3,(H,29,31)(H4,26,27,28,30). The quantitative estimate of drug-likeness (QED) is 0.500. The lowest BCUT2D eigenvalue weighted by Gasteiger charge is -2.15. The Bertz CT molecular complexity index is 1260. The number of nitrogens with zero attached hydrogens (tertiary/aromatic N) is 2. The number of carbonyl (C=O) groups excluding carboxylic acids is 1. The Hall–Kier alpha value is -4.25. The van der Waals surface area contributed by atoms with Gasteiger partial charge in [0, 0.05) is 40.9 Å². The Morgan fingerprint density at radius 1 is 1.09 bits per heavy atom. The number of nitrogens with two attached hydrogens (primary N) is 2. The molecule has 1 aliphatic carbocycles. The summed E-state index contributed by atoms with van der Waals surface area (Å²) in [5.74, 6) is 8.03. The number of nitrogens with one attached hydrogen (secondary N) is 1. The maximum absolute atomic E-state index is 12.0. The van der Waals surface area contributed by atoms with E-state index >= 15 is 0 Å². The van der Waals surface area contributed by atoms with Gasteiger partial charge < -0.3 is 26.3 Å². The van der Waals surface area contributed by atoms with Crippen LogP contribution in [0.3, 0.4) is 0 Å². The zero-order chi connectivity index (χ0) is 23.4. The van der Waals surface area contributed by atoms with Gasteiger partial charge in [-0.25, -0.2) is 4.98 Å². The first kappa shape index (κ1) is 22.0. The molecule has 1 aromatic heterocycles. The number of hydrogen-bond acceptors (Lipinski definition) is 7.